The first-order valence-corrected chi connectivity index (χ1v) is 3.82. The maximum absolute atomic E-state index is 5.63. The van der Waals surface area contributed by atoms with Crippen molar-refractivity contribution in [2.45, 2.75) is 0 Å². The van der Waals surface area contributed by atoms with E-state index in [-0.39, 0.29) is 0 Å². The van der Waals surface area contributed by atoms with Gasteiger partial charge in [0.1, 0.15) is 0 Å². The van der Waals surface area contributed by atoms with E-state index in [2.05, 4.69) is 20.6 Å². The molecule has 0 saturated carbocycles. The van der Waals surface area contributed by atoms with E-state index in [1.54, 1.807) is 0 Å². The van der Waals surface area contributed by atoms with Gasteiger partial charge in [-0.15, -0.1) is 21.5 Å². The number of thiophene rings is 1. The van der Waals surface area contributed by atoms with Crippen molar-refractivity contribution in [1.29, 1.82) is 0 Å². The summed E-state index contributed by atoms with van der Waals surface area (Å²) in [5, 5.41) is 16.0. The topological polar surface area (TPSA) is 80.5 Å². The molecular formula is C5H5N5S. The average Bonchev–Trinajstić information content (AvgIpc) is 2.55. The summed E-state index contributed by atoms with van der Waals surface area (Å²) in [5.74, 6) is 0.545. The molecule has 2 aromatic rings. The Morgan fingerprint density at radius 1 is 1.55 bits per heavy atom. The molecular weight excluding hydrogens is 162 g/mol. The van der Waals surface area contributed by atoms with E-state index in [0.29, 0.717) is 10.8 Å². The lowest BCUT2D eigenvalue weighted by molar-refractivity contribution is 0.881. The number of tetrazole rings is 1. The van der Waals surface area contributed by atoms with Crippen molar-refractivity contribution < 1.29 is 0 Å². The fourth-order valence-electron chi connectivity index (χ4n) is 0.782. The van der Waals surface area contributed by atoms with Crippen molar-refractivity contribution in [3.8, 4) is 11.4 Å². The average molecular weight is 167 g/mol. The number of nitrogens with zero attached hydrogens (tertiary/aromatic N) is 3. The predicted molar refractivity (Wildman–Crippen MR) is 41.9 cm³/mol. The third-order valence-electron chi connectivity index (χ3n) is 1.28. The van der Waals surface area contributed by atoms with Crippen molar-refractivity contribution >= 4 is 16.3 Å². The van der Waals surface area contributed by atoms with Gasteiger partial charge in [0, 0.05) is 0 Å². The molecule has 0 aliphatic rings. The van der Waals surface area contributed by atoms with Crippen molar-refractivity contribution in [3.63, 3.8) is 0 Å². The molecule has 0 atom stereocenters. The molecule has 3 N–H and O–H groups in total. The summed E-state index contributed by atoms with van der Waals surface area (Å²) in [4.78, 5) is 0. The van der Waals surface area contributed by atoms with E-state index >= 15 is 0 Å². The van der Waals surface area contributed by atoms with E-state index in [0.717, 1.165) is 5.56 Å². The van der Waals surface area contributed by atoms with E-state index in [9.17, 15) is 0 Å². The summed E-state index contributed by atoms with van der Waals surface area (Å²) in [6.07, 6.45) is 0. The second-order valence-electron chi connectivity index (χ2n) is 1.93. The van der Waals surface area contributed by atoms with Crippen LogP contribution >= 0.6 is 11.3 Å². The predicted octanol–water partition coefficient (Wildman–Crippen LogP) is 0.510. The highest BCUT2D eigenvalue weighted by atomic mass is 32.1. The minimum Gasteiger partial charge on any atom is -0.390 e. The van der Waals surface area contributed by atoms with Crippen LogP contribution in [0.2, 0.25) is 0 Å². The second-order valence-corrected chi connectivity index (χ2v) is 2.88. The summed E-state index contributed by atoms with van der Waals surface area (Å²) in [7, 11) is 0. The first-order chi connectivity index (χ1) is 5.38. The summed E-state index contributed by atoms with van der Waals surface area (Å²) >= 11 is 1.46. The number of anilines is 1. The third kappa shape index (κ3) is 0.966. The lowest BCUT2D eigenvalue weighted by Crippen LogP contribution is -1.84. The normalized spacial score (nSPS) is 10.2. The van der Waals surface area contributed by atoms with E-state index in [1.807, 2.05) is 11.4 Å². The molecule has 0 fully saturated rings. The molecule has 11 heavy (non-hydrogen) atoms. The van der Waals surface area contributed by atoms with Crippen molar-refractivity contribution in [2.24, 2.45) is 0 Å². The SMILES string of the molecule is Nc1sccc1-c1nn[nH]n1. The summed E-state index contributed by atoms with van der Waals surface area (Å²) in [6, 6.07) is 1.87. The number of aromatic amines is 1. The molecule has 2 heterocycles. The highest BCUT2D eigenvalue weighted by Gasteiger charge is 2.06. The molecule has 0 aromatic carbocycles. The Kier molecular flexibility index (Phi) is 1.32. The summed E-state index contributed by atoms with van der Waals surface area (Å²) in [5.41, 5.74) is 6.47. The number of nitrogens with one attached hydrogen (secondary N) is 1. The fraction of sp³-hybridized carbons (Fsp3) is 0. The monoisotopic (exact) mass is 167 g/mol. The highest BCUT2D eigenvalue weighted by Crippen LogP contribution is 2.26. The van der Waals surface area contributed by atoms with Gasteiger partial charge in [0.05, 0.1) is 10.6 Å². The van der Waals surface area contributed by atoms with Gasteiger partial charge in [0.2, 0.25) is 5.82 Å². The van der Waals surface area contributed by atoms with Crippen LogP contribution in [0.15, 0.2) is 11.4 Å². The van der Waals surface area contributed by atoms with Gasteiger partial charge < -0.3 is 5.73 Å². The Morgan fingerprint density at radius 2 is 2.45 bits per heavy atom. The molecule has 0 spiro atoms. The molecule has 0 radical (unpaired) electrons. The van der Waals surface area contributed by atoms with Crippen LogP contribution in [0.25, 0.3) is 11.4 Å². The molecule has 5 nitrogen and oxygen atoms in total. The first kappa shape index (κ1) is 6.29. The van der Waals surface area contributed by atoms with Crippen molar-refractivity contribution in [2.75, 3.05) is 5.73 Å². The molecule has 0 saturated heterocycles. The number of nitrogens with two attached hydrogens (primary N) is 1. The smallest absolute Gasteiger partial charge is 0.207 e. The van der Waals surface area contributed by atoms with Gasteiger partial charge in [-0.2, -0.15) is 5.21 Å². The zero-order valence-electron chi connectivity index (χ0n) is 5.48. The van der Waals surface area contributed by atoms with E-state index in [1.165, 1.54) is 11.3 Å². The highest BCUT2D eigenvalue weighted by molar-refractivity contribution is 7.14. The Balaban J connectivity index is 2.53. The van der Waals surface area contributed by atoms with E-state index in [4.69, 9.17) is 5.73 Å². The van der Waals surface area contributed by atoms with Crippen LogP contribution in [0, 0.1) is 0 Å². The van der Waals surface area contributed by atoms with Crippen LogP contribution in [-0.4, -0.2) is 20.6 Å². The Hall–Kier alpha value is -1.43. The minimum atomic E-state index is 0.545. The zero-order valence-corrected chi connectivity index (χ0v) is 6.30. The number of hydrogen-bond donors (Lipinski definition) is 2. The van der Waals surface area contributed by atoms with Gasteiger partial charge in [-0.3, -0.25) is 0 Å². The maximum Gasteiger partial charge on any atom is 0.207 e. The standard InChI is InChI=1S/C5H5N5S/c6-4-3(1-2-11-4)5-7-9-10-8-5/h1-2H,6H2,(H,7,8,9,10). The molecule has 0 aliphatic heterocycles. The fourth-order valence-corrected chi connectivity index (χ4v) is 1.42. The second kappa shape index (κ2) is 2.31. The first-order valence-electron chi connectivity index (χ1n) is 2.94. The number of rotatable bonds is 1. The molecule has 0 bridgehead atoms. The van der Waals surface area contributed by atoms with Crippen LogP contribution in [0.4, 0.5) is 5.00 Å². The maximum atomic E-state index is 5.63. The molecule has 6 heteroatoms. The third-order valence-corrected chi connectivity index (χ3v) is 2.03. The Labute approximate surface area is 66.2 Å². The van der Waals surface area contributed by atoms with Gasteiger partial charge in [0.15, 0.2) is 0 Å². The van der Waals surface area contributed by atoms with Crippen LogP contribution in [0.3, 0.4) is 0 Å². The zero-order chi connectivity index (χ0) is 7.68. The molecule has 2 rings (SSSR count). The van der Waals surface area contributed by atoms with Crippen LogP contribution in [0.1, 0.15) is 0 Å². The number of aromatic nitrogens is 4. The van der Waals surface area contributed by atoms with Crippen molar-refractivity contribution in [3.05, 3.63) is 11.4 Å². The molecule has 2 aromatic heterocycles. The molecule has 0 amide bonds. The van der Waals surface area contributed by atoms with E-state index < -0.39 is 0 Å². The van der Waals surface area contributed by atoms with Gasteiger partial charge >= 0.3 is 0 Å². The van der Waals surface area contributed by atoms with Crippen LogP contribution < -0.4 is 5.73 Å². The number of H-pyrrole nitrogens is 1. The number of nitrogen functional groups attached to an aromatic ring is 1. The lowest BCUT2D eigenvalue weighted by Gasteiger charge is -1.87. The summed E-state index contributed by atoms with van der Waals surface area (Å²) in [6.45, 7) is 0. The Morgan fingerprint density at radius 3 is 3.00 bits per heavy atom. The number of hydrogen-bond acceptors (Lipinski definition) is 5. The summed E-state index contributed by atoms with van der Waals surface area (Å²) < 4.78 is 0. The van der Waals surface area contributed by atoms with Crippen LogP contribution in [0.5, 0.6) is 0 Å². The van der Waals surface area contributed by atoms with Crippen LogP contribution in [-0.2, 0) is 0 Å². The molecule has 0 aliphatic carbocycles. The molecule has 0 unspecified atom stereocenters. The lowest BCUT2D eigenvalue weighted by atomic mass is 10.3. The largest absolute Gasteiger partial charge is 0.390 e. The van der Waals surface area contributed by atoms with Gasteiger partial charge in [-0.1, -0.05) is 0 Å². The van der Waals surface area contributed by atoms with Gasteiger partial charge in [0.25, 0.3) is 0 Å². The quantitative estimate of drug-likeness (QED) is 0.648. The van der Waals surface area contributed by atoms with Crippen molar-refractivity contribution in [1.82, 2.24) is 20.6 Å². The van der Waals surface area contributed by atoms with Gasteiger partial charge in [-0.25, -0.2) is 0 Å². The Bertz CT molecular complexity index is 337. The minimum absolute atomic E-state index is 0.545. The van der Waals surface area contributed by atoms with Gasteiger partial charge in [-0.05, 0) is 16.7 Å². The molecule has 56 valence electrons.